The van der Waals surface area contributed by atoms with Gasteiger partial charge in [0.15, 0.2) is 27.7 Å². The molecule has 41 heavy (non-hydrogen) atoms. The van der Waals surface area contributed by atoms with Gasteiger partial charge in [-0.2, -0.15) is 0 Å². The first-order chi connectivity index (χ1) is 19.5. The SMILES string of the molecule is COC(=O)c1nnn(C[C@@]2(C)[C@H](C(=O)OC(c3ccccc3)c3ccccc3)N3C(=O)C[C@@H]3S2(=O)=O)c1C(=O)OC. The largest absolute Gasteiger partial charge is 0.464 e. The van der Waals surface area contributed by atoms with Gasteiger partial charge < -0.3 is 19.1 Å². The Morgan fingerprint density at radius 2 is 1.54 bits per heavy atom. The van der Waals surface area contributed by atoms with E-state index in [-0.39, 0.29) is 6.42 Å². The summed E-state index contributed by atoms with van der Waals surface area (Å²) in [4.78, 5) is 52.5. The molecule has 14 heteroatoms. The molecule has 1 aromatic heterocycles. The fourth-order valence-electron chi connectivity index (χ4n) is 5.29. The normalized spacial score (nSPS) is 22.5. The smallest absolute Gasteiger partial charge is 0.361 e. The molecule has 0 spiro atoms. The van der Waals surface area contributed by atoms with Crippen LogP contribution in [0.15, 0.2) is 60.7 Å². The van der Waals surface area contributed by atoms with E-state index in [0.29, 0.717) is 11.1 Å². The maximum Gasteiger partial charge on any atom is 0.361 e. The zero-order valence-corrected chi connectivity index (χ0v) is 23.1. The summed E-state index contributed by atoms with van der Waals surface area (Å²) in [5, 5.41) is 6.23. The number of amides is 1. The molecule has 2 saturated heterocycles. The van der Waals surface area contributed by atoms with Crippen molar-refractivity contribution in [2.45, 2.75) is 42.2 Å². The lowest BCUT2D eigenvalue weighted by molar-refractivity contribution is -0.164. The van der Waals surface area contributed by atoms with Gasteiger partial charge in [-0.1, -0.05) is 65.9 Å². The second-order valence-electron chi connectivity index (χ2n) is 9.79. The van der Waals surface area contributed by atoms with E-state index in [9.17, 15) is 27.6 Å². The zero-order valence-electron chi connectivity index (χ0n) is 22.3. The van der Waals surface area contributed by atoms with E-state index in [1.54, 1.807) is 60.7 Å². The molecular formula is C27H26N4O9S. The fourth-order valence-corrected chi connectivity index (χ4v) is 7.63. The number of ether oxygens (including phenoxy) is 3. The van der Waals surface area contributed by atoms with Gasteiger partial charge in [-0.15, -0.1) is 5.10 Å². The number of esters is 3. The minimum atomic E-state index is -4.24. The molecule has 0 saturated carbocycles. The molecular weight excluding hydrogens is 556 g/mol. The standard InChI is InChI=1S/C27H26N4O9S/c1-27(15-30-21(25(34)39-3)20(28-29-30)24(33)38-2)23(31-18(32)14-19(31)41(27,36)37)26(35)40-22(16-10-6-4-7-11-16)17-12-8-5-9-13-17/h4-13,19,22-23H,14-15H2,1-3H3/t19-,23-,27-/m0/s1. The molecule has 0 radical (unpaired) electrons. The summed E-state index contributed by atoms with van der Waals surface area (Å²) in [6, 6.07) is 16.2. The lowest BCUT2D eigenvalue weighted by Gasteiger charge is -2.37. The van der Waals surface area contributed by atoms with Gasteiger partial charge in [0.2, 0.25) is 11.6 Å². The maximum atomic E-state index is 14.0. The van der Waals surface area contributed by atoms with Gasteiger partial charge in [0.05, 0.1) is 27.2 Å². The van der Waals surface area contributed by atoms with Gasteiger partial charge in [0, 0.05) is 0 Å². The van der Waals surface area contributed by atoms with Crippen LogP contribution in [0.1, 0.15) is 51.6 Å². The number of fused-ring (bicyclic) bond motifs is 1. The first-order valence-electron chi connectivity index (χ1n) is 12.5. The monoisotopic (exact) mass is 582 g/mol. The summed E-state index contributed by atoms with van der Waals surface area (Å²) in [6.45, 7) is 0.658. The van der Waals surface area contributed by atoms with Crippen molar-refractivity contribution >= 4 is 33.7 Å². The lowest BCUT2D eigenvalue weighted by atomic mass is 9.95. The number of hydrogen-bond acceptors (Lipinski definition) is 11. The highest BCUT2D eigenvalue weighted by Crippen LogP contribution is 2.48. The second-order valence-corrected chi connectivity index (χ2v) is 12.4. The van der Waals surface area contributed by atoms with Crippen LogP contribution in [0.3, 0.4) is 0 Å². The first-order valence-corrected chi connectivity index (χ1v) is 14.0. The molecule has 3 aromatic rings. The molecule has 0 N–H and O–H groups in total. The van der Waals surface area contributed by atoms with Crippen molar-refractivity contribution in [2.24, 2.45) is 0 Å². The zero-order chi connectivity index (χ0) is 29.5. The first kappa shape index (κ1) is 28.0. The highest BCUT2D eigenvalue weighted by Gasteiger charge is 2.70. The minimum absolute atomic E-state index is 0.308. The molecule has 2 aliphatic heterocycles. The van der Waals surface area contributed by atoms with E-state index >= 15 is 0 Å². The number of benzene rings is 2. The quantitative estimate of drug-likeness (QED) is 0.214. The number of nitrogens with zero attached hydrogens (tertiary/aromatic N) is 4. The van der Waals surface area contributed by atoms with Crippen LogP contribution in [0.25, 0.3) is 0 Å². The van der Waals surface area contributed by atoms with Crippen LogP contribution in [0, 0.1) is 0 Å². The second kappa shape index (κ2) is 10.4. The van der Waals surface area contributed by atoms with E-state index in [1.807, 2.05) is 0 Å². The Labute approximate surface area is 234 Å². The molecule has 2 fully saturated rings. The molecule has 3 atom stereocenters. The van der Waals surface area contributed by atoms with Gasteiger partial charge in [-0.05, 0) is 18.1 Å². The Morgan fingerprint density at radius 1 is 0.976 bits per heavy atom. The molecule has 1 amide bonds. The van der Waals surface area contributed by atoms with Crippen LogP contribution < -0.4 is 0 Å². The summed E-state index contributed by atoms with van der Waals surface area (Å²) in [5.74, 6) is -3.53. The van der Waals surface area contributed by atoms with Crippen molar-refractivity contribution < 1.29 is 41.8 Å². The van der Waals surface area contributed by atoms with Crippen LogP contribution in [0.2, 0.25) is 0 Å². The van der Waals surface area contributed by atoms with E-state index in [2.05, 4.69) is 15.0 Å². The van der Waals surface area contributed by atoms with Crippen molar-refractivity contribution in [3.63, 3.8) is 0 Å². The molecule has 13 nitrogen and oxygen atoms in total. The summed E-state index contributed by atoms with van der Waals surface area (Å²) in [5.41, 5.74) is 0.307. The predicted molar refractivity (Wildman–Crippen MR) is 140 cm³/mol. The number of rotatable bonds is 8. The Kier molecular flexibility index (Phi) is 7.11. The molecule has 2 aliphatic rings. The maximum absolute atomic E-state index is 14.0. The topological polar surface area (TPSA) is 164 Å². The van der Waals surface area contributed by atoms with Crippen molar-refractivity contribution in [1.82, 2.24) is 19.9 Å². The van der Waals surface area contributed by atoms with E-state index in [4.69, 9.17) is 9.47 Å². The van der Waals surface area contributed by atoms with Crippen molar-refractivity contribution in [3.05, 3.63) is 83.2 Å². The summed E-state index contributed by atoms with van der Waals surface area (Å²) < 4.78 is 41.9. The Balaban J connectivity index is 1.58. The molecule has 3 heterocycles. The number of sulfone groups is 1. The van der Waals surface area contributed by atoms with Gasteiger partial charge in [-0.3, -0.25) is 4.79 Å². The average molecular weight is 583 g/mol. The van der Waals surface area contributed by atoms with Crippen LogP contribution in [0.5, 0.6) is 0 Å². The van der Waals surface area contributed by atoms with Gasteiger partial charge in [0.1, 0.15) is 10.1 Å². The van der Waals surface area contributed by atoms with Gasteiger partial charge in [0.25, 0.3) is 0 Å². The van der Waals surface area contributed by atoms with Crippen LogP contribution >= 0.6 is 0 Å². The van der Waals surface area contributed by atoms with E-state index in [0.717, 1.165) is 23.8 Å². The molecule has 2 aromatic carbocycles. The number of aromatic nitrogens is 3. The fraction of sp³-hybridized carbons (Fsp3) is 0.333. The van der Waals surface area contributed by atoms with Crippen molar-refractivity contribution in [3.8, 4) is 0 Å². The van der Waals surface area contributed by atoms with Gasteiger partial charge >= 0.3 is 17.9 Å². The Hall–Kier alpha value is -4.59. The number of methoxy groups -OCH3 is 2. The average Bonchev–Trinajstić information content (AvgIpc) is 3.45. The van der Waals surface area contributed by atoms with Crippen LogP contribution in [-0.4, -0.2) is 82.5 Å². The predicted octanol–water partition coefficient (Wildman–Crippen LogP) is 1.30. The van der Waals surface area contributed by atoms with Crippen molar-refractivity contribution in [2.75, 3.05) is 14.2 Å². The summed E-state index contributed by atoms with van der Waals surface area (Å²) in [7, 11) is -2.10. The molecule has 5 rings (SSSR count). The molecule has 0 unspecified atom stereocenters. The number of carbonyl (C=O) groups excluding carboxylic acids is 4. The summed E-state index contributed by atoms with van der Waals surface area (Å²) >= 11 is 0. The van der Waals surface area contributed by atoms with Crippen LogP contribution in [-0.2, 0) is 40.2 Å². The molecule has 214 valence electrons. The lowest BCUT2D eigenvalue weighted by Crippen LogP contribution is -2.58. The van der Waals surface area contributed by atoms with Gasteiger partial charge in [-0.25, -0.2) is 27.5 Å². The minimum Gasteiger partial charge on any atom is -0.464 e. The third kappa shape index (κ3) is 4.43. The van der Waals surface area contributed by atoms with Crippen molar-refractivity contribution in [1.29, 1.82) is 0 Å². The number of β-lactam (4-membered cyclic amide) rings is 1. The third-order valence-corrected chi connectivity index (χ3v) is 10.2. The Bertz CT molecular complexity index is 1590. The van der Waals surface area contributed by atoms with E-state index < -0.39 is 73.9 Å². The van der Waals surface area contributed by atoms with E-state index in [1.165, 1.54) is 6.92 Å². The number of carbonyl (C=O) groups is 4. The molecule has 0 aliphatic carbocycles. The molecule has 0 bridgehead atoms. The number of hydrogen-bond donors (Lipinski definition) is 0. The Morgan fingerprint density at radius 3 is 2.05 bits per heavy atom. The van der Waals surface area contributed by atoms with Crippen LogP contribution in [0.4, 0.5) is 0 Å². The highest BCUT2D eigenvalue weighted by molar-refractivity contribution is 7.93. The third-order valence-electron chi connectivity index (χ3n) is 7.43. The highest BCUT2D eigenvalue weighted by atomic mass is 32.2. The summed E-state index contributed by atoms with van der Waals surface area (Å²) in [6.07, 6.45) is -1.22.